The molecule has 39 heavy (non-hydrogen) atoms. The lowest BCUT2D eigenvalue weighted by Crippen LogP contribution is -2.41. The Morgan fingerprint density at radius 1 is 1.28 bits per heavy atom. The molecule has 1 aromatic heterocycles. The first-order valence-corrected chi connectivity index (χ1v) is 15.1. The number of hydrogen-bond donors (Lipinski definition) is 1. The highest BCUT2D eigenvalue weighted by atomic mass is 35.5. The van der Waals surface area contributed by atoms with Gasteiger partial charge in [-0.2, -0.15) is 0 Å². The Balaban J connectivity index is 1.52. The van der Waals surface area contributed by atoms with Crippen LogP contribution in [0, 0.1) is 12.7 Å². The van der Waals surface area contributed by atoms with Crippen LogP contribution >= 0.6 is 22.9 Å². The van der Waals surface area contributed by atoms with Gasteiger partial charge >= 0.3 is 6.09 Å². The zero-order chi connectivity index (χ0) is 28.6. The van der Waals surface area contributed by atoms with Crippen LogP contribution in [-0.4, -0.2) is 48.6 Å². The van der Waals surface area contributed by atoms with Crippen molar-refractivity contribution < 1.29 is 22.3 Å². The molecule has 3 aromatic rings. The van der Waals surface area contributed by atoms with E-state index in [4.69, 9.17) is 16.3 Å². The first kappa shape index (κ1) is 29.3. The van der Waals surface area contributed by atoms with Crippen molar-refractivity contribution in [2.45, 2.75) is 63.6 Å². The maximum atomic E-state index is 14.3. The van der Waals surface area contributed by atoms with Crippen LogP contribution in [0.5, 0.6) is 0 Å². The van der Waals surface area contributed by atoms with Gasteiger partial charge in [-0.05, 0) is 65.3 Å². The molecular formula is C27H32ClFN4O4S2. The van der Waals surface area contributed by atoms with E-state index in [0.29, 0.717) is 28.6 Å². The fourth-order valence-electron chi connectivity index (χ4n) is 4.47. The van der Waals surface area contributed by atoms with E-state index in [2.05, 4.69) is 15.2 Å². The average Bonchev–Trinajstić information content (AvgIpc) is 3.46. The predicted molar refractivity (Wildman–Crippen MR) is 153 cm³/mol. The molecule has 0 spiro atoms. The van der Waals surface area contributed by atoms with Crippen LogP contribution in [0.15, 0.2) is 52.2 Å². The Labute approximate surface area is 237 Å². The number of anilines is 2. The zero-order valence-electron chi connectivity index (χ0n) is 22.5. The van der Waals surface area contributed by atoms with Crippen LogP contribution < -0.4 is 9.62 Å². The number of thiazole rings is 1. The van der Waals surface area contributed by atoms with E-state index >= 15 is 0 Å². The minimum absolute atomic E-state index is 0.0591. The zero-order valence-corrected chi connectivity index (χ0v) is 24.9. The number of sulfonamides is 1. The smallest absolute Gasteiger partial charge is 0.430 e. The Bertz CT molecular complexity index is 1460. The van der Waals surface area contributed by atoms with E-state index in [1.165, 1.54) is 29.1 Å². The number of ether oxygens (including phenoxy) is 1. The molecule has 1 atom stereocenters. The molecule has 8 nitrogen and oxygen atoms in total. The van der Waals surface area contributed by atoms with Gasteiger partial charge in [-0.1, -0.05) is 29.3 Å². The molecule has 1 aliphatic rings. The van der Waals surface area contributed by atoms with Crippen molar-refractivity contribution >= 4 is 50.6 Å². The standard InChI is InChI=1S/C27H32ClFN4O4S2/c1-18-6-8-22(29)19(12-18)14-32-11-10-27(5,16-32)31-23-9-7-20(13-21(23)28)39(35,36)33(24-15-38-17-30-24)25(34)37-26(2,3)4/h6-9,12-13,15,17,31H,10-11,14,16H2,1-5H3/t27-/m0/s1. The van der Waals surface area contributed by atoms with Crippen molar-refractivity contribution in [2.24, 2.45) is 0 Å². The Morgan fingerprint density at radius 2 is 2.03 bits per heavy atom. The summed E-state index contributed by atoms with van der Waals surface area (Å²) in [4.78, 5) is 18.9. The van der Waals surface area contributed by atoms with Crippen LogP contribution in [0.1, 0.15) is 45.2 Å². The van der Waals surface area contributed by atoms with Crippen LogP contribution in [0.3, 0.4) is 0 Å². The second-order valence-electron chi connectivity index (χ2n) is 11.0. The van der Waals surface area contributed by atoms with Gasteiger partial charge in [-0.15, -0.1) is 15.6 Å². The summed E-state index contributed by atoms with van der Waals surface area (Å²) in [5, 5.41) is 5.07. The molecule has 0 aliphatic carbocycles. The van der Waals surface area contributed by atoms with Gasteiger partial charge in [0.2, 0.25) is 0 Å². The van der Waals surface area contributed by atoms with E-state index in [1.807, 2.05) is 19.9 Å². The quantitative estimate of drug-likeness (QED) is 0.336. The van der Waals surface area contributed by atoms with Crippen molar-refractivity contribution in [3.8, 4) is 0 Å². The highest BCUT2D eigenvalue weighted by Gasteiger charge is 2.37. The summed E-state index contributed by atoms with van der Waals surface area (Å²) >= 11 is 7.71. The number of nitrogens with one attached hydrogen (secondary N) is 1. The van der Waals surface area contributed by atoms with Crippen molar-refractivity contribution in [3.05, 3.63) is 69.3 Å². The van der Waals surface area contributed by atoms with Crippen LogP contribution in [-0.2, 0) is 21.3 Å². The van der Waals surface area contributed by atoms with Crippen molar-refractivity contribution in [1.82, 2.24) is 9.88 Å². The number of rotatable bonds is 7. The van der Waals surface area contributed by atoms with Gasteiger partial charge in [0, 0.05) is 36.1 Å². The molecule has 2 heterocycles. The minimum atomic E-state index is -4.38. The van der Waals surface area contributed by atoms with E-state index in [-0.39, 0.29) is 27.1 Å². The number of carbonyl (C=O) groups excluding carboxylic acids is 1. The number of nitrogens with zero attached hydrogens (tertiary/aromatic N) is 3. The number of likely N-dealkylation sites (tertiary alicyclic amines) is 1. The van der Waals surface area contributed by atoms with Crippen LogP contribution in [0.4, 0.5) is 20.7 Å². The topological polar surface area (TPSA) is 91.8 Å². The molecule has 2 aromatic carbocycles. The maximum Gasteiger partial charge on any atom is 0.430 e. The predicted octanol–water partition coefficient (Wildman–Crippen LogP) is 6.45. The third kappa shape index (κ3) is 6.89. The largest absolute Gasteiger partial charge is 0.443 e. The highest BCUT2D eigenvalue weighted by Crippen LogP contribution is 2.34. The van der Waals surface area contributed by atoms with Gasteiger partial charge in [0.1, 0.15) is 11.4 Å². The Hall–Kier alpha value is -2.73. The monoisotopic (exact) mass is 594 g/mol. The molecule has 4 rings (SSSR count). The van der Waals surface area contributed by atoms with Gasteiger partial charge in [-0.3, -0.25) is 4.90 Å². The number of halogens is 2. The summed E-state index contributed by atoms with van der Waals surface area (Å²) in [6.07, 6.45) is -0.275. The molecule has 1 fully saturated rings. The lowest BCUT2D eigenvalue weighted by atomic mass is 10.0. The number of aryl methyl sites for hydroxylation is 1. The van der Waals surface area contributed by atoms with Crippen molar-refractivity contribution in [2.75, 3.05) is 22.7 Å². The van der Waals surface area contributed by atoms with Gasteiger partial charge in [0.25, 0.3) is 10.0 Å². The minimum Gasteiger partial charge on any atom is -0.443 e. The molecule has 1 amide bonds. The second-order valence-corrected chi connectivity index (χ2v) is 13.9. The molecule has 210 valence electrons. The second kappa shape index (κ2) is 11.0. The molecule has 1 aliphatic heterocycles. The van der Waals surface area contributed by atoms with Gasteiger partial charge in [0.05, 0.1) is 21.1 Å². The first-order chi connectivity index (χ1) is 18.2. The number of amides is 1. The summed E-state index contributed by atoms with van der Waals surface area (Å²) in [5.41, 5.74) is 2.37. The summed E-state index contributed by atoms with van der Waals surface area (Å²) in [5.74, 6) is -0.281. The molecule has 12 heteroatoms. The number of hydrogen-bond acceptors (Lipinski definition) is 8. The summed E-state index contributed by atoms with van der Waals surface area (Å²) < 4.78 is 47.3. The van der Waals surface area contributed by atoms with Gasteiger partial charge in [-0.25, -0.2) is 22.6 Å². The fraction of sp³-hybridized carbons (Fsp3) is 0.407. The Kier molecular flexibility index (Phi) is 8.28. The normalized spacial score (nSPS) is 18.2. The number of aromatic nitrogens is 1. The molecule has 1 N–H and O–H groups in total. The summed E-state index contributed by atoms with van der Waals surface area (Å²) in [6.45, 7) is 10.8. The summed E-state index contributed by atoms with van der Waals surface area (Å²) in [7, 11) is -4.38. The molecule has 0 bridgehead atoms. The molecule has 1 saturated heterocycles. The maximum absolute atomic E-state index is 14.3. The lowest BCUT2D eigenvalue weighted by molar-refractivity contribution is 0.0608. The summed E-state index contributed by atoms with van der Waals surface area (Å²) in [6, 6.07) is 9.39. The molecule has 0 radical (unpaired) electrons. The lowest BCUT2D eigenvalue weighted by Gasteiger charge is -2.29. The van der Waals surface area contributed by atoms with Gasteiger partial charge in [0.15, 0.2) is 5.82 Å². The average molecular weight is 595 g/mol. The molecule has 0 saturated carbocycles. The van der Waals surface area contributed by atoms with E-state index in [9.17, 15) is 17.6 Å². The van der Waals surface area contributed by atoms with Crippen molar-refractivity contribution in [3.63, 3.8) is 0 Å². The third-order valence-electron chi connectivity index (χ3n) is 6.25. The number of carbonyl (C=O) groups is 1. The third-order valence-corrected chi connectivity index (χ3v) is 8.80. The fourth-order valence-corrected chi connectivity index (χ4v) is 6.65. The molecule has 0 unspecified atom stereocenters. The van der Waals surface area contributed by atoms with Crippen LogP contribution in [0.2, 0.25) is 5.02 Å². The number of benzene rings is 2. The highest BCUT2D eigenvalue weighted by molar-refractivity contribution is 7.93. The van der Waals surface area contributed by atoms with E-state index < -0.39 is 21.7 Å². The van der Waals surface area contributed by atoms with Gasteiger partial charge < -0.3 is 10.1 Å². The Morgan fingerprint density at radius 3 is 2.67 bits per heavy atom. The van der Waals surface area contributed by atoms with Crippen molar-refractivity contribution in [1.29, 1.82) is 0 Å². The SMILES string of the molecule is Cc1ccc(F)c(CN2CC[C@](C)(Nc3ccc(S(=O)(=O)N(C(=O)OC(C)(C)C)c4cscn4)cc3Cl)C2)c1. The molecular weight excluding hydrogens is 563 g/mol. The van der Waals surface area contributed by atoms with E-state index in [1.54, 1.807) is 32.9 Å². The first-order valence-electron chi connectivity index (χ1n) is 12.4. The van der Waals surface area contributed by atoms with Crippen LogP contribution in [0.25, 0.3) is 0 Å². The van der Waals surface area contributed by atoms with E-state index in [0.717, 1.165) is 29.9 Å².